The number of hydrogen-bond donors (Lipinski definition) is 2. The normalized spacial score (nSPS) is 10.6. The maximum atomic E-state index is 11.4. The molecule has 0 fully saturated rings. The van der Waals surface area contributed by atoms with Crippen LogP contribution in [0.2, 0.25) is 0 Å². The van der Waals surface area contributed by atoms with Gasteiger partial charge in [0.15, 0.2) is 0 Å². The zero-order chi connectivity index (χ0) is 14.2. The molecule has 0 heterocycles. The van der Waals surface area contributed by atoms with Crippen molar-refractivity contribution in [2.75, 3.05) is 43.5 Å². The van der Waals surface area contributed by atoms with Gasteiger partial charge in [0.1, 0.15) is 0 Å². The quantitative estimate of drug-likeness (QED) is 0.352. The van der Waals surface area contributed by atoms with Crippen LogP contribution in [0.3, 0.4) is 0 Å². The van der Waals surface area contributed by atoms with E-state index in [-0.39, 0.29) is 11.2 Å². The first kappa shape index (κ1) is 20.9. The maximum absolute atomic E-state index is 11.4. The lowest BCUT2D eigenvalue weighted by Crippen LogP contribution is -2.17. The third kappa shape index (κ3) is 17.8. The molecular weight excluding hydrogens is 379 g/mol. The predicted octanol–water partition coefficient (Wildman–Crippen LogP) is 4.15. The molecule has 3 nitrogen and oxygen atoms in total. The molecule has 0 radical (unpaired) electrons. The van der Waals surface area contributed by atoms with E-state index >= 15 is 0 Å². The number of aliphatic hydroxyl groups excluding tert-OH is 1. The zero-order valence-corrected chi connectivity index (χ0v) is 16.4. The van der Waals surface area contributed by atoms with Crippen molar-refractivity contribution >= 4 is 87.6 Å². The Balaban J connectivity index is 3.12. The summed E-state index contributed by atoms with van der Waals surface area (Å²) in [6.45, 7) is 0. The molecule has 0 aromatic carbocycles. The third-order valence-electron chi connectivity index (χ3n) is 1.38. The lowest BCUT2D eigenvalue weighted by Gasteiger charge is -2.04. The van der Waals surface area contributed by atoms with E-state index in [1.807, 2.05) is 35.3 Å². The summed E-state index contributed by atoms with van der Waals surface area (Å²) in [5.41, 5.74) is 0. The summed E-state index contributed by atoms with van der Waals surface area (Å²) in [4.78, 5) is 11.4. The van der Waals surface area contributed by atoms with Gasteiger partial charge < -0.3 is 10.4 Å². The molecule has 1 amide bonds. The van der Waals surface area contributed by atoms with Crippen molar-refractivity contribution in [3.63, 3.8) is 0 Å². The van der Waals surface area contributed by atoms with Crippen LogP contribution in [0, 0.1) is 0 Å². The van der Waals surface area contributed by atoms with Crippen molar-refractivity contribution in [1.82, 2.24) is 5.32 Å². The molecule has 2 N–H and O–H groups in total. The Hall–Kier alpha value is 1.88. The highest BCUT2D eigenvalue weighted by Gasteiger charge is 2.01. The summed E-state index contributed by atoms with van der Waals surface area (Å²) < 4.78 is 0. The Morgan fingerprint density at radius 2 is 1.58 bits per heavy atom. The number of carbonyl (C=O) groups is 1. The van der Waals surface area contributed by atoms with E-state index in [1.54, 1.807) is 23.5 Å². The van der Waals surface area contributed by atoms with E-state index in [4.69, 9.17) is 5.11 Å². The minimum absolute atomic E-state index is 0.0377. The monoisotopic (exact) mass is 397 g/mol. The third-order valence-corrected chi connectivity index (χ3v) is 9.07. The van der Waals surface area contributed by atoms with E-state index in [0.717, 1.165) is 25.4 Å². The molecule has 0 aliphatic rings. The number of rotatable bonds is 13. The van der Waals surface area contributed by atoms with Crippen molar-refractivity contribution in [2.45, 2.75) is 0 Å². The van der Waals surface area contributed by atoms with Crippen LogP contribution in [-0.2, 0) is 0 Å². The average Bonchev–Trinajstić information content (AvgIpc) is 2.41. The van der Waals surface area contributed by atoms with Crippen LogP contribution in [0.5, 0.6) is 0 Å². The zero-order valence-electron chi connectivity index (χ0n) is 10.7. The number of carbonyl (C=O) groups excluding carboxylic acids is 1. The van der Waals surface area contributed by atoms with Crippen LogP contribution in [0.15, 0.2) is 0 Å². The Morgan fingerprint density at radius 1 is 0.947 bits per heavy atom. The number of nitrogens with one attached hydrogen (secondary N) is 1. The fraction of sp³-hybridized carbons (Fsp3) is 0.889. The number of aliphatic hydroxyl groups is 1. The summed E-state index contributed by atoms with van der Waals surface area (Å²) >= 11 is 11.8. The number of thioether (sulfide) groups is 7. The van der Waals surface area contributed by atoms with Crippen molar-refractivity contribution in [1.29, 1.82) is 0 Å². The first-order chi connectivity index (χ1) is 9.31. The van der Waals surface area contributed by atoms with Gasteiger partial charge in [-0.1, -0.05) is 11.8 Å². The average molecular weight is 398 g/mol. The molecule has 10 heteroatoms. The minimum atomic E-state index is 0.0377. The Kier molecular flexibility index (Phi) is 19.7. The molecule has 0 bridgehead atoms. The van der Waals surface area contributed by atoms with Gasteiger partial charge in [0.05, 0.1) is 11.8 Å². The fourth-order valence-electron chi connectivity index (χ4n) is 0.697. The smallest absolute Gasteiger partial charge is 0.280 e. The highest BCUT2D eigenvalue weighted by Crippen LogP contribution is 2.20. The summed E-state index contributed by atoms with van der Waals surface area (Å²) in [7, 11) is 0. The lowest BCUT2D eigenvalue weighted by atomic mass is 11.2. The summed E-state index contributed by atoms with van der Waals surface area (Å²) in [6, 6.07) is 0. The molecular formula is C9H19NO2S7. The maximum Gasteiger partial charge on any atom is 0.280 e. The first-order valence-electron chi connectivity index (χ1n) is 5.20. The van der Waals surface area contributed by atoms with Gasteiger partial charge in [0.25, 0.3) is 5.24 Å². The molecule has 0 rings (SSSR count). The fourth-order valence-corrected chi connectivity index (χ4v) is 7.32. The standard InChI is InChI=1S/C9H19NO2S7/c1-13-4-16-7-17-5-14-2-10-9(12)19-8-18-6-15-3-11/h11H,2-8H2,1H3,(H,10,12). The van der Waals surface area contributed by atoms with Gasteiger partial charge in [-0.15, -0.1) is 58.8 Å². The SMILES string of the molecule is CSCSCSCSCNC(=O)SCSCSCO. The molecule has 19 heavy (non-hydrogen) atoms. The van der Waals surface area contributed by atoms with E-state index in [0.29, 0.717) is 5.88 Å². The molecule has 0 atom stereocenters. The Labute approximate surface area is 145 Å². The Bertz CT molecular complexity index is 211. The van der Waals surface area contributed by atoms with Gasteiger partial charge in [0, 0.05) is 25.4 Å². The topological polar surface area (TPSA) is 49.3 Å². The van der Waals surface area contributed by atoms with Crippen molar-refractivity contribution in [3.8, 4) is 0 Å². The molecule has 0 unspecified atom stereocenters. The summed E-state index contributed by atoms with van der Waals surface area (Å²) in [5.74, 6) is 0.829. The lowest BCUT2D eigenvalue weighted by molar-refractivity contribution is 0.262. The molecule has 0 aliphatic heterocycles. The van der Waals surface area contributed by atoms with Crippen molar-refractivity contribution in [3.05, 3.63) is 0 Å². The minimum Gasteiger partial charge on any atom is -0.386 e. The molecule has 0 aromatic rings. The molecule has 0 saturated carbocycles. The van der Waals surface area contributed by atoms with Crippen LogP contribution >= 0.6 is 82.3 Å². The van der Waals surface area contributed by atoms with E-state index in [2.05, 4.69) is 11.6 Å². The van der Waals surface area contributed by atoms with Crippen LogP contribution < -0.4 is 5.32 Å². The van der Waals surface area contributed by atoms with Crippen LogP contribution in [0.4, 0.5) is 4.79 Å². The second kappa shape index (κ2) is 17.9. The Morgan fingerprint density at radius 3 is 2.32 bits per heavy atom. The molecule has 114 valence electrons. The van der Waals surface area contributed by atoms with Gasteiger partial charge >= 0.3 is 0 Å². The van der Waals surface area contributed by atoms with E-state index in [9.17, 15) is 4.79 Å². The first-order valence-corrected chi connectivity index (χ1v) is 13.4. The molecule has 0 aromatic heterocycles. The summed E-state index contributed by atoms with van der Waals surface area (Å²) in [5, 5.41) is 16.3. The molecule has 0 aliphatic carbocycles. The molecule has 0 spiro atoms. The number of amides is 1. The van der Waals surface area contributed by atoms with Crippen molar-refractivity contribution < 1.29 is 9.90 Å². The molecule has 0 saturated heterocycles. The van der Waals surface area contributed by atoms with Crippen molar-refractivity contribution in [2.24, 2.45) is 0 Å². The second-order valence-corrected chi connectivity index (χ2v) is 11.3. The predicted molar refractivity (Wildman–Crippen MR) is 104 cm³/mol. The van der Waals surface area contributed by atoms with Crippen LogP contribution in [0.1, 0.15) is 0 Å². The van der Waals surface area contributed by atoms with E-state index in [1.165, 1.54) is 23.5 Å². The number of hydrogen-bond acceptors (Lipinski definition) is 9. The summed E-state index contributed by atoms with van der Waals surface area (Å²) in [6.07, 6.45) is 2.11. The van der Waals surface area contributed by atoms with E-state index < -0.39 is 0 Å². The van der Waals surface area contributed by atoms with Gasteiger partial charge in [0.2, 0.25) is 0 Å². The van der Waals surface area contributed by atoms with Gasteiger partial charge in [-0.25, -0.2) is 0 Å². The van der Waals surface area contributed by atoms with Gasteiger partial charge in [-0.3, -0.25) is 4.79 Å². The highest BCUT2D eigenvalue weighted by molar-refractivity contribution is 8.27. The highest BCUT2D eigenvalue weighted by atomic mass is 32.3. The van der Waals surface area contributed by atoms with Crippen LogP contribution in [-0.4, -0.2) is 53.8 Å². The van der Waals surface area contributed by atoms with Gasteiger partial charge in [-0.05, 0) is 6.26 Å². The second-order valence-electron chi connectivity index (χ2n) is 2.78. The largest absolute Gasteiger partial charge is 0.386 e. The van der Waals surface area contributed by atoms with Gasteiger partial charge in [-0.2, -0.15) is 11.8 Å². The van der Waals surface area contributed by atoms with Crippen LogP contribution in [0.25, 0.3) is 0 Å².